The average Bonchev–Trinajstić information content (AvgIpc) is 3.40. The fourth-order valence-electron chi connectivity index (χ4n) is 3.83. The van der Waals surface area contributed by atoms with Gasteiger partial charge in [-0.2, -0.15) is 0 Å². The fraction of sp³-hybridized carbons (Fsp3) is 0.292. The first-order valence-electron chi connectivity index (χ1n) is 10.5. The topological polar surface area (TPSA) is 97.0 Å². The zero-order valence-corrected chi connectivity index (χ0v) is 19.4. The Labute approximate surface area is 198 Å². The van der Waals surface area contributed by atoms with Crippen molar-refractivity contribution >= 4 is 22.8 Å². The van der Waals surface area contributed by atoms with Gasteiger partial charge in [0, 0.05) is 23.7 Å². The number of aliphatic hydroxyl groups is 2. The summed E-state index contributed by atoms with van der Waals surface area (Å²) < 4.78 is 35.2. The number of hydrogen-bond donors (Lipinski definition) is 2. The number of aliphatic hydroxyl groups excluding tert-OH is 2. The van der Waals surface area contributed by atoms with Gasteiger partial charge < -0.3 is 14.9 Å². The number of ketones is 1. The molecule has 0 amide bonds. The number of imidazole rings is 1. The molecule has 34 heavy (non-hydrogen) atoms. The second-order valence-corrected chi connectivity index (χ2v) is 9.28. The maximum absolute atomic E-state index is 14.0. The van der Waals surface area contributed by atoms with Crippen LogP contribution in [0.4, 0.5) is 8.78 Å². The van der Waals surface area contributed by atoms with Crippen LogP contribution in [0.1, 0.15) is 38.1 Å². The normalized spacial score (nSPS) is 11.8. The number of thiazole rings is 1. The number of aryl methyl sites for hydroxylation is 2. The zero-order valence-electron chi connectivity index (χ0n) is 18.6. The predicted molar refractivity (Wildman–Crippen MR) is 122 cm³/mol. The molecule has 4 rings (SSSR count). The summed E-state index contributed by atoms with van der Waals surface area (Å²) in [6.07, 6.45) is 3.03. The van der Waals surface area contributed by atoms with Crippen LogP contribution in [0.2, 0.25) is 0 Å². The van der Waals surface area contributed by atoms with Gasteiger partial charge in [0.05, 0.1) is 34.9 Å². The van der Waals surface area contributed by atoms with E-state index in [0.717, 1.165) is 17.1 Å². The molecule has 0 saturated carbocycles. The SMILES string of the molecule is Cc1ncc(C(CO)(CO)CC(=O)c2c(C)nc3c(OCc4c(F)cccc4F)cccn23)s1. The van der Waals surface area contributed by atoms with Crippen LogP contribution in [0.15, 0.2) is 42.7 Å². The van der Waals surface area contributed by atoms with Crippen LogP contribution in [0, 0.1) is 25.5 Å². The Balaban J connectivity index is 1.66. The Kier molecular flexibility index (Phi) is 6.74. The van der Waals surface area contributed by atoms with Crippen LogP contribution >= 0.6 is 11.3 Å². The monoisotopic (exact) mass is 487 g/mol. The minimum atomic E-state index is -1.18. The van der Waals surface area contributed by atoms with Crippen LogP contribution in [0.3, 0.4) is 0 Å². The Morgan fingerprint density at radius 3 is 2.47 bits per heavy atom. The third-order valence-corrected chi connectivity index (χ3v) is 6.89. The highest BCUT2D eigenvalue weighted by molar-refractivity contribution is 7.11. The largest absolute Gasteiger partial charge is 0.485 e. The molecule has 7 nitrogen and oxygen atoms in total. The van der Waals surface area contributed by atoms with Gasteiger partial charge in [-0.3, -0.25) is 9.20 Å². The Hall–Kier alpha value is -3.21. The molecule has 3 aromatic heterocycles. The van der Waals surface area contributed by atoms with E-state index in [1.807, 2.05) is 0 Å². The first-order chi connectivity index (χ1) is 16.3. The Bertz CT molecular complexity index is 1330. The number of aromatic nitrogens is 3. The quantitative estimate of drug-likeness (QED) is 0.349. The second kappa shape index (κ2) is 9.57. The van der Waals surface area contributed by atoms with Crippen molar-refractivity contribution in [1.29, 1.82) is 0 Å². The van der Waals surface area contributed by atoms with Gasteiger partial charge in [-0.25, -0.2) is 18.7 Å². The number of nitrogens with zero attached hydrogens (tertiary/aromatic N) is 3. The van der Waals surface area contributed by atoms with Crippen LogP contribution in [-0.2, 0) is 12.0 Å². The molecule has 0 radical (unpaired) electrons. The molecular formula is C24H23F2N3O4S. The van der Waals surface area contributed by atoms with Crippen molar-refractivity contribution in [1.82, 2.24) is 14.4 Å². The van der Waals surface area contributed by atoms with Crippen molar-refractivity contribution < 1.29 is 28.5 Å². The van der Waals surface area contributed by atoms with E-state index in [0.29, 0.717) is 16.2 Å². The van der Waals surface area contributed by atoms with E-state index < -0.39 is 30.3 Å². The first kappa shape index (κ1) is 23.9. The maximum atomic E-state index is 14.0. The fourth-order valence-corrected chi connectivity index (χ4v) is 4.77. The summed E-state index contributed by atoms with van der Waals surface area (Å²) in [6.45, 7) is 2.25. The van der Waals surface area contributed by atoms with Gasteiger partial charge in [-0.1, -0.05) is 6.07 Å². The Morgan fingerprint density at radius 1 is 1.15 bits per heavy atom. The van der Waals surface area contributed by atoms with E-state index >= 15 is 0 Å². The predicted octanol–water partition coefficient (Wildman–Crippen LogP) is 3.76. The van der Waals surface area contributed by atoms with Gasteiger partial charge in [0.15, 0.2) is 17.2 Å². The molecule has 0 aliphatic rings. The van der Waals surface area contributed by atoms with E-state index in [1.165, 1.54) is 17.4 Å². The number of carbonyl (C=O) groups is 1. The molecule has 10 heteroatoms. The highest BCUT2D eigenvalue weighted by Gasteiger charge is 2.37. The van der Waals surface area contributed by atoms with Crippen molar-refractivity contribution in [3.8, 4) is 5.75 Å². The maximum Gasteiger partial charge on any atom is 0.182 e. The van der Waals surface area contributed by atoms with E-state index in [1.54, 1.807) is 42.8 Å². The Morgan fingerprint density at radius 2 is 1.85 bits per heavy atom. The van der Waals surface area contributed by atoms with Gasteiger partial charge in [0.25, 0.3) is 0 Å². The van der Waals surface area contributed by atoms with E-state index in [9.17, 15) is 23.8 Å². The zero-order chi connectivity index (χ0) is 24.5. The number of pyridine rings is 1. The highest BCUT2D eigenvalue weighted by Crippen LogP contribution is 2.34. The van der Waals surface area contributed by atoms with Crippen molar-refractivity contribution in [3.05, 3.63) is 81.2 Å². The molecule has 0 atom stereocenters. The minimum Gasteiger partial charge on any atom is -0.485 e. The van der Waals surface area contributed by atoms with Crippen molar-refractivity contribution in [2.24, 2.45) is 0 Å². The molecule has 178 valence electrons. The lowest BCUT2D eigenvalue weighted by Gasteiger charge is -2.27. The van der Waals surface area contributed by atoms with Crippen LogP contribution in [0.25, 0.3) is 5.65 Å². The first-order valence-corrected chi connectivity index (χ1v) is 11.3. The third-order valence-electron chi connectivity index (χ3n) is 5.73. The number of rotatable bonds is 9. The molecule has 2 N–H and O–H groups in total. The van der Waals surface area contributed by atoms with E-state index in [4.69, 9.17) is 4.74 Å². The molecule has 0 fully saturated rings. The smallest absolute Gasteiger partial charge is 0.182 e. The van der Waals surface area contributed by atoms with Gasteiger partial charge >= 0.3 is 0 Å². The number of benzene rings is 1. The molecule has 0 aliphatic heterocycles. The van der Waals surface area contributed by atoms with E-state index in [-0.39, 0.29) is 35.8 Å². The summed E-state index contributed by atoms with van der Waals surface area (Å²) in [5.41, 5.74) is -0.392. The lowest BCUT2D eigenvalue weighted by Crippen LogP contribution is -2.37. The summed E-state index contributed by atoms with van der Waals surface area (Å²) in [4.78, 5) is 22.6. The number of carbonyl (C=O) groups excluding carboxylic acids is 1. The van der Waals surface area contributed by atoms with Crippen LogP contribution < -0.4 is 4.74 Å². The molecule has 4 aromatic rings. The van der Waals surface area contributed by atoms with Crippen molar-refractivity contribution in [3.63, 3.8) is 0 Å². The van der Waals surface area contributed by atoms with Gasteiger partial charge in [0.1, 0.15) is 23.9 Å². The van der Waals surface area contributed by atoms with Crippen LogP contribution in [0.5, 0.6) is 5.75 Å². The number of fused-ring (bicyclic) bond motifs is 1. The summed E-state index contributed by atoms with van der Waals surface area (Å²) in [6, 6.07) is 6.81. The third kappa shape index (κ3) is 4.31. The molecule has 0 bridgehead atoms. The summed E-state index contributed by atoms with van der Waals surface area (Å²) in [5.74, 6) is -1.52. The molecule has 3 heterocycles. The summed E-state index contributed by atoms with van der Waals surface area (Å²) in [5, 5.41) is 21.0. The van der Waals surface area contributed by atoms with Crippen molar-refractivity contribution in [2.75, 3.05) is 13.2 Å². The second-order valence-electron chi connectivity index (χ2n) is 8.04. The molecule has 0 spiro atoms. The average molecular weight is 488 g/mol. The van der Waals surface area contributed by atoms with Gasteiger partial charge in [-0.05, 0) is 38.1 Å². The number of ether oxygens (including phenoxy) is 1. The van der Waals surface area contributed by atoms with Gasteiger partial charge in [0.2, 0.25) is 0 Å². The summed E-state index contributed by atoms with van der Waals surface area (Å²) >= 11 is 1.31. The number of Topliss-reactive ketones (excluding diaryl/α,β-unsaturated/α-hetero) is 1. The number of halogens is 2. The lowest BCUT2D eigenvalue weighted by atomic mass is 9.82. The molecular weight excluding hydrogens is 464 g/mol. The molecule has 0 unspecified atom stereocenters. The minimum absolute atomic E-state index is 0.165. The molecule has 0 aliphatic carbocycles. The lowest BCUT2D eigenvalue weighted by molar-refractivity contribution is 0.0791. The van der Waals surface area contributed by atoms with Crippen LogP contribution in [-0.4, -0.2) is 43.6 Å². The van der Waals surface area contributed by atoms with Gasteiger partial charge in [-0.15, -0.1) is 11.3 Å². The summed E-state index contributed by atoms with van der Waals surface area (Å²) in [7, 11) is 0. The molecule has 0 saturated heterocycles. The number of hydrogen-bond acceptors (Lipinski definition) is 7. The standard InChI is InChI=1S/C24H23F2N3O4S/c1-14-22(19(32)9-24(12-30,13-31)21-10-27-15(2)34-21)29-8-4-7-20(23(29)28-14)33-11-16-17(25)5-3-6-18(16)26/h3-8,10,30-31H,9,11-13H2,1-2H3. The molecule has 1 aromatic carbocycles. The van der Waals surface area contributed by atoms with Crippen molar-refractivity contribution in [2.45, 2.75) is 32.3 Å². The highest BCUT2D eigenvalue weighted by atomic mass is 32.1. The van der Waals surface area contributed by atoms with E-state index in [2.05, 4.69) is 9.97 Å².